The number of ether oxygens (including phenoxy) is 1. The molecule has 1 aliphatic heterocycles. The second-order valence-electron chi connectivity index (χ2n) is 5.96. The summed E-state index contributed by atoms with van der Waals surface area (Å²) in [6.07, 6.45) is 1.08. The third kappa shape index (κ3) is 2.14. The number of aliphatic hydroxyl groups is 3. The lowest BCUT2D eigenvalue weighted by Crippen LogP contribution is -2.48. The van der Waals surface area contributed by atoms with Gasteiger partial charge in [-0.25, -0.2) is 4.98 Å². The van der Waals surface area contributed by atoms with Crippen LogP contribution in [0.4, 0.5) is 11.8 Å². The monoisotopic (exact) mass is 322 g/mol. The summed E-state index contributed by atoms with van der Waals surface area (Å²) in [4.78, 5) is 12.6. The highest BCUT2D eigenvalue weighted by molar-refractivity contribution is 5.84. The number of hydrogen-bond acceptors (Lipinski definition) is 9. The number of imidazole rings is 1. The summed E-state index contributed by atoms with van der Waals surface area (Å²) in [5.74, 6) is 0.554. The van der Waals surface area contributed by atoms with Crippen molar-refractivity contribution in [2.45, 2.75) is 36.8 Å². The predicted molar refractivity (Wildman–Crippen MR) is 79.4 cm³/mol. The van der Waals surface area contributed by atoms with Gasteiger partial charge in [-0.1, -0.05) is 0 Å². The van der Waals surface area contributed by atoms with Crippen LogP contribution in [0.25, 0.3) is 11.2 Å². The van der Waals surface area contributed by atoms with Crippen molar-refractivity contribution in [3.63, 3.8) is 0 Å². The Kier molecular flexibility index (Phi) is 3.17. The lowest BCUT2D eigenvalue weighted by Gasteiger charge is -2.31. The molecule has 0 aromatic carbocycles. The van der Waals surface area contributed by atoms with Gasteiger partial charge in [0.05, 0.1) is 19.5 Å². The second kappa shape index (κ2) is 4.99. The molecule has 6 N–H and O–H groups in total. The number of rotatable bonds is 4. The first kappa shape index (κ1) is 14.6. The van der Waals surface area contributed by atoms with Crippen LogP contribution in [0.3, 0.4) is 0 Å². The van der Waals surface area contributed by atoms with Crippen LogP contribution < -0.4 is 11.1 Å². The van der Waals surface area contributed by atoms with E-state index in [0.29, 0.717) is 23.0 Å². The van der Waals surface area contributed by atoms with E-state index in [1.54, 1.807) is 0 Å². The smallest absolute Gasteiger partial charge is 0.224 e. The molecule has 0 radical (unpaired) electrons. The minimum atomic E-state index is -1.55. The Morgan fingerprint density at radius 1 is 1.39 bits per heavy atom. The van der Waals surface area contributed by atoms with Crippen molar-refractivity contribution in [3.05, 3.63) is 6.33 Å². The fraction of sp³-hybridized carbons (Fsp3) is 0.615. The second-order valence-corrected chi connectivity index (χ2v) is 5.96. The zero-order chi connectivity index (χ0) is 16.2. The number of nitrogens with zero attached hydrogens (tertiary/aromatic N) is 4. The molecule has 3 heterocycles. The fourth-order valence-corrected chi connectivity index (χ4v) is 2.85. The molecule has 3 atom stereocenters. The molecule has 1 aliphatic carbocycles. The Hall–Kier alpha value is -2.01. The molecule has 124 valence electrons. The topological polar surface area (TPSA) is 152 Å². The van der Waals surface area contributed by atoms with E-state index in [2.05, 4.69) is 20.3 Å². The fourth-order valence-electron chi connectivity index (χ4n) is 2.85. The quantitative estimate of drug-likeness (QED) is 0.447. The molecule has 23 heavy (non-hydrogen) atoms. The molecule has 0 bridgehead atoms. The molecule has 0 unspecified atom stereocenters. The van der Waals surface area contributed by atoms with Gasteiger partial charge in [-0.3, -0.25) is 4.57 Å². The van der Waals surface area contributed by atoms with E-state index in [9.17, 15) is 15.3 Å². The molecule has 0 amide bonds. The molecule has 2 aliphatic rings. The van der Waals surface area contributed by atoms with Gasteiger partial charge in [0.1, 0.15) is 12.2 Å². The van der Waals surface area contributed by atoms with Crippen molar-refractivity contribution in [1.82, 2.24) is 19.5 Å². The number of aromatic nitrogens is 4. The maximum atomic E-state index is 10.3. The van der Waals surface area contributed by atoms with Crippen molar-refractivity contribution >= 4 is 22.9 Å². The van der Waals surface area contributed by atoms with Crippen molar-refractivity contribution in [3.8, 4) is 0 Å². The minimum Gasteiger partial charge on any atom is -0.391 e. The molecule has 2 aromatic heterocycles. The van der Waals surface area contributed by atoms with Crippen LogP contribution in [-0.2, 0) is 10.5 Å². The van der Waals surface area contributed by atoms with Gasteiger partial charge in [0.2, 0.25) is 5.95 Å². The molecule has 10 nitrogen and oxygen atoms in total. The molecule has 1 saturated carbocycles. The van der Waals surface area contributed by atoms with E-state index >= 15 is 0 Å². The van der Waals surface area contributed by atoms with E-state index in [1.807, 2.05) is 0 Å². The first-order chi connectivity index (χ1) is 11.0. The molecule has 2 fully saturated rings. The summed E-state index contributed by atoms with van der Waals surface area (Å²) in [5.41, 5.74) is 5.02. The standard InChI is InChI=1S/C13H18N6O4/c14-12-17-10(16-6-1-2-6)8-11(18-12)19(5-15-8)13(4-20)9(22)7(21)3-23-13/h5-7,9,20-22H,1-4H2,(H3,14,16,17,18)/t7-,9-,13-/m0/s1. The Bertz CT molecular complexity index is 747. The summed E-state index contributed by atoms with van der Waals surface area (Å²) in [7, 11) is 0. The normalized spacial score (nSPS) is 30.9. The van der Waals surface area contributed by atoms with Crippen molar-refractivity contribution in [2.75, 3.05) is 24.3 Å². The van der Waals surface area contributed by atoms with E-state index < -0.39 is 24.5 Å². The first-order valence-corrected chi connectivity index (χ1v) is 7.43. The molecule has 0 spiro atoms. The van der Waals surface area contributed by atoms with Gasteiger partial charge >= 0.3 is 0 Å². The van der Waals surface area contributed by atoms with Gasteiger partial charge in [0.15, 0.2) is 22.7 Å². The zero-order valence-electron chi connectivity index (χ0n) is 12.3. The van der Waals surface area contributed by atoms with Crippen LogP contribution in [0.15, 0.2) is 6.33 Å². The number of nitrogen functional groups attached to an aromatic ring is 1. The van der Waals surface area contributed by atoms with Crippen LogP contribution in [-0.4, -0.2) is 66.3 Å². The Morgan fingerprint density at radius 3 is 2.78 bits per heavy atom. The lowest BCUT2D eigenvalue weighted by atomic mass is 10.1. The number of anilines is 2. The zero-order valence-corrected chi connectivity index (χ0v) is 12.3. The van der Waals surface area contributed by atoms with Gasteiger partial charge in [-0.05, 0) is 12.8 Å². The average Bonchev–Trinajstić information content (AvgIpc) is 3.17. The first-order valence-electron chi connectivity index (χ1n) is 7.43. The summed E-state index contributed by atoms with van der Waals surface area (Å²) in [6.45, 7) is -0.652. The van der Waals surface area contributed by atoms with Gasteiger partial charge in [-0.15, -0.1) is 0 Å². The van der Waals surface area contributed by atoms with Crippen LogP contribution >= 0.6 is 0 Å². The van der Waals surface area contributed by atoms with Crippen molar-refractivity contribution in [2.24, 2.45) is 0 Å². The largest absolute Gasteiger partial charge is 0.391 e. The summed E-state index contributed by atoms with van der Waals surface area (Å²) in [5, 5.41) is 33.1. The highest BCUT2D eigenvalue weighted by Crippen LogP contribution is 2.35. The van der Waals surface area contributed by atoms with E-state index in [0.717, 1.165) is 12.8 Å². The third-order valence-electron chi connectivity index (χ3n) is 4.30. The maximum Gasteiger partial charge on any atom is 0.224 e. The van der Waals surface area contributed by atoms with Crippen LogP contribution in [0.1, 0.15) is 12.8 Å². The van der Waals surface area contributed by atoms with E-state index in [4.69, 9.17) is 10.5 Å². The molecule has 10 heteroatoms. The Balaban J connectivity index is 1.86. The summed E-state index contributed by atoms with van der Waals surface area (Å²) >= 11 is 0. The van der Waals surface area contributed by atoms with Gasteiger partial charge in [0, 0.05) is 6.04 Å². The molecular weight excluding hydrogens is 304 g/mol. The molecule has 4 rings (SSSR count). The number of nitrogens with one attached hydrogen (secondary N) is 1. The third-order valence-corrected chi connectivity index (χ3v) is 4.30. The summed E-state index contributed by atoms with van der Waals surface area (Å²) < 4.78 is 6.89. The number of fused-ring (bicyclic) bond motifs is 1. The molecular formula is C13H18N6O4. The lowest BCUT2D eigenvalue weighted by molar-refractivity contribution is -0.149. The average molecular weight is 322 g/mol. The highest BCUT2D eigenvalue weighted by Gasteiger charge is 2.51. The van der Waals surface area contributed by atoms with Crippen LogP contribution in [0.5, 0.6) is 0 Å². The number of aliphatic hydroxyl groups excluding tert-OH is 3. The van der Waals surface area contributed by atoms with Crippen LogP contribution in [0, 0.1) is 0 Å². The molecule has 2 aromatic rings. The Labute approximate surface area is 130 Å². The summed E-state index contributed by atoms with van der Waals surface area (Å²) in [6, 6.07) is 0.347. The SMILES string of the molecule is Nc1nc(NC2CC2)c2ncn([C@@]3(CO)OC[C@H](O)[C@@H]3O)c2n1. The van der Waals surface area contributed by atoms with Gasteiger partial charge in [-0.2, -0.15) is 9.97 Å². The highest BCUT2D eigenvalue weighted by atomic mass is 16.6. The van der Waals surface area contributed by atoms with Gasteiger partial charge < -0.3 is 31.1 Å². The Morgan fingerprint density at radius 2 is 2.17 bits per heavy atom. The number of nitrogens with two attached hydrogens (primary N) is 1. The molecule has 1 saturated heterocycles. The van der Waals surface area contributed by atoms with E-state index in [-0.39, 0.29) is 12.6 Å². The predicted octanol–water partition coefficient (Wildman–Crippen LogP) is -1.62. The van der Waals surface area contributed by atoms with E-state index in [1.165, 1.54) is 10.9 Å². The maximum absolute atomic E-state index is 10.3. The minimum absolute atomic E-state index is 0.0449. The van der Waals surface area contributed by atoms with Crippen LogP contribution in [0.2, 0.25) is 0 Å². The number of hydrogen-bond donors (Lipinski definition) is 5. The van der Waals surface area contributed by atoms with Crippen molar-refractivity contribution < 1.29 is 20.1 Å². The van der Waals surface area contributed by atoms with Crippen molar-refractivity contribution in [1.29, 1.82) is 0 Å². The van der Waals surface area contributed by atoms with Gasteiger partial charge in [0.25, 0.3) is 0 Å².